The van der Waals surface area contributed by atoms with Crippen LogP contribution in [0.2, 0.25) is 0 Å². The largest absolute Gasteiger partial charge is 0.497 e. The molecular weight excluding hydrogens is 424 g/mol. The fraction of sp³-hybridized carbons (Fsp3) is 0.286. The Morgan fingerprint density at radius 3 is 2.35 bits per heavy atom. The van der Waals surface area contributed by atoms with Gasteiger partial charge in [0.15, 0.2) is 16.7 Å². The first-order valence-corrected chi connectivity index (χ1v) is 10.1. The topological polar surface area (TPSA) is 98.1 Å². The lowest BCUT2D eigenvalue weighted by Crippen LogP contribution is -2.23. The van der Waals surface area contributed by atoms with Crippen LogP contribution in [0.5, 0.6) is 23.0 Å². The molecule has 10 heteroatoms. The van der Waals surface area contributed by atoms with E-state index >= 15 is 0 Å². The van der Waals surface area contributed by atoms with E-state index in [0.717, 1.165) is 11.8 Å². The lowest BCUT2D eigenvalue weighted by Gasteiger charge is -2.17. The van der Waals surface area contributed by atoms with Gasteiger partial charge in [0.25, 0.3) is 5.56 Å². The molecule has 31 heavy (non-hydrogen) atoms. The van der Waals surface area contributed by atoms with Crippen molar-refractivity contribution in [3.8, 4) is 28.7 Å². The summed E-state index contributed by atoms with van der Waals surface area (Å²) in [5, 5.41) is 0.543. The van der Waals surface area contributed by atoms with E-state index in [9.17, 15) is 9.59 Å². The van der Waals surface area contributed by atoms with Crippen molar-refractivity contribution < 1.29 is 28.5 Å². The van der Waals surface area contributed by atoms with Gasteiger partial charge in [0.05, 0.1) is 52.4 Å². The van der Waals surface area contributed by atoms with Gasteiger partial charge in [-0.3, -0.25) is 14.2 Å². The van der Waals surface area contributed by atoms with E-state index in [1.165, 1.54) is 40.1 Å². The van der Waals surface area contributed by atoms with Crippen molar-refractivity contribution in [3.63, 3.8) is 0 Å². The molecule has 0 amide bonds. The molecule has 0 N–H and O–H groups in total. The number of esters is 1. The van der Waals surface area contributed by atoms with Crippen molar-refractivity contribution in [2.75, 3.05) is 41.3 Å². The van der Waals surface area contributed by atoms with E-state index in [-0.39, 0.29) is 33.1 Å². The van der Waals surface area contributed by atoms with Gasteiger partial charge < -0.3 is 23.7 Å². The smallest absolute Gasteiger partial charge is 0.316 e. The van der Waals surface area contributed by atoms with Gasteiger partial charge in [-0.05, 0) is 18.2 Å². The van der Waals surface area contributed by atoms with Crippen molar-refractivity contribution in [3.05, 3.63) is 40.7 Å². The zero-order chi connectivity index (χ0) is 22.5. The fourth-order valence-electron chi connectivity index (χ4n) is 3.02. The van der Waals surface area contributed by atoms with Crippen molar-refractivity contribution in [2.24, 2.45) is 0 Å². The second kappa shape index (κ2) is 9.61. The van der Waals surface area contributed by atoms with Crippen molar-refractivity contribution in [1.29, 1.82) is 0 Å². The number of fused-ring (bicyclic) bond motifs is 1. The molecule has 0 aliphatic heterocycles. The molecule has 0 saturated carbocycles. The molecule has 3 aromatic rings. The van der Waals surface area contributed by atoms with Crippen LogP contribution in [0.25, 0.3) is 16.6 Å². The summed E-state index contributed by atoms with van der Waals surface area (Å²) in [6.07, 6.45) is 0. The standard InChI is InChI=1S/C21H22N2O7S/c1-26-13-8-6-7-12(9-13)23-20(25)14-10-15(27-2)18(29-4)19(30-5)17(14)22-21(23)31-11-16(24)28-3/h6-10H,11H2,1-5H3. The summed E-state index contributed by atoms with van der Waals surface area (Å²) in [6, 6.07) is 8.53. The summed E-state index contributed by atoms with van der Waals surface area (Å²) in [4.78, 5) is 30.0. The highest BCUT2D eigenvalue weighted by molar-refractivity contribution is 7.99. The lowest BCUT2D eigenvalue weighted by atomic mass is 10.2. The average Bonchev–Trinajstić information content (AvgIpc) is 2.81. The maximum absolute atomic E-state index is 13.6. The summed E-state index contributed by atoms with van der Waals surface area (Å²) >= 11 is 1.07. The number of ether oxygens (including phenoxy) is 5. The molecule has 0 aliphatic carbocycles. The van der Waals surface area contributed by atoms with Gasteiger partial charge in [-0.2, -0.15) is 0 Å². The number of hydrogen-bond donors (Lipinski definition) is 0. The monoisotopic (exact) mass is 446 g/mol. The number of benzene rings is 2. The first-order chi connectivity index (χ1) is 15.0. The summed E-state index contributed by atoms with van der Waals surface area (Å²) in [5.74, 6) is 0.986. The van der Waals surface area contributed by atoms with Crippen LogP contribution >= 0.6 is 11.8 Å². The first-order valence-electron chi connectivity index (χ1n) is 9.08. The Bertz CT molecular complexity index is 1180. The minimum atomic E-state index is -0.448. The summed E-state index contributed by atoms with van der Waals surface area (Å²) < 4.78 is 27.7. The molecule has 0 atom stereocenters. The number of nitrogens with zero attached hydrogens (tertiary/aromatic N) is 2. The molecule has 0 bridgehead atoms. The third-order valence-corrected chi connectivity index (χ3v) is 5.41. The van der Waals surface area contributed by atoms with Crippen LogP contribution in [-0.2, 0) is 9.53 Å². The minimum Gasteiger partial charge on any atom is -0.497 e. The summed E-state index contributed by atoms with van der Waals surface area (Å²) in [6.45, 7) is 0. The van der Waals surface area contributed by atoms with Gasteiger partial charge >= 0.3 is 5.97 Å². The minimum absolute atomic E-state index is 0.0337. The Labute approximate surface area is 182 Å². The van der Waals surface area contributed by atoms with Crippen LogP contribution in [0, 0.1) is 0 Å². The molecule has 164 valence electrons. The first kappa shape index (κ1) is 22.3. The van der Waals surface area contributed by atoms with Crippen LogP contribution in [0.4, 0.5) is 0 Å². The average molecular weight is 446 g/mol. The third kappa shape index (κ3) is 4.24. The fourth-order valence-corrected chi connectivity index (χ4v) is 3.86. The maximum atomic E-state index is 13.6. The van der Waals surface area contributed by atoms with Gasteiger partial charge in [-0.15, -0.1) is 0 Å². The van der Waals surface area contributed by atoms with Crippen LogP contribution in [0.1, 0.15) is 0 Å². The molecule has 0 radical (unpaired) electrons. The predicted octanol–water partition coefficient (Wildman–Crippen LogP) is 2.69. The van der Waals surface area contributed by atoms with Gasteiger partial charge in [0.2, 0.25) is 5.75 Å². The predicted molar refractivity (Wildman–Crippen MR) is 116 cm³/mol. The van der Waals surface area contributed by atoms with Gasteiger partial charge in [0.1, 0.15) is 11.3 Å². The Balaban J connectivity index is 2.37. The molecule has 0 spiro atoms. The van der Waals surface area contributed by atoms with Gasteiger partial charge in [0, 0.05) is 6.07 Å². The molecule has 1 aromatic heterocycles. The van der Waals surface area contributed by atoms with E-state index in [1.54, 1.807) is 30.3 Å². The van der Waals surface area contributed by atoms with Crippen LogP contribution in [0.15, 0.2) is 40.3 Å². The SMILES string of the molecule is COC(=O)CSc1nc2c(OC)c(OC)c(OC)cc2c(=O)n1-c1cccc(OC)c1. The Morgan fingerprint density at radius 2 is 1.74 bits per heavy atom. The Morgan fingerprint density at radius 1 is 1.00 bits per heavy atom. The number of thioether (sulfide) groups is 1. The normalized spacial score (nSPS) is 10.6. The summed E-state index contributed by atoms with van der Waals surface area (Å²) in [7, 11) is 7.23. The van der Waals surface area contributed by atoms with Crippen molar-refractivity contribution >= 4 is 28.6 Å². The zero-order valence-electron chi connectivity index (χ0n) is 17.8. The van der Waals surface area contributed by atoms with E-state index in [0.29, 0.717) is 22.9 Å². The number of hydrogen-bond acceptors (Lipinski definition) is 9. The highest BCUT2D eigenvalue weighted by Gasteiger charge is 2.23. The third-order valence-electron chi connectivity index (χ3n) is 4.49. The van der Waals surface area contributed by atoms with E-state index in [1.807, 2.05) is 0 Å². The zero-order valence-corrected chi connectivity index (χ0v) is 18.6. The molecule has 3 rings (SSSR count). The number of aromatic nitrogens is 2. The number of methoxy groups -OCH3 is 5. The maximum Gasteiger partial charge on any atom is 0.316 e. The highest BCUT2D eigenvalue weighted by Crippen LogP contribution is 2.42. The summed E-state index contributed by atoms with van der Waals surface area (Å²) in [5.41, 5.74) is 0.446. The lowest BCUT2D eigenvalue weighted by molar-refractivity contribution is -0.137. The molecule has 0 unspecified atom stereocenters. The number of rotatable bonds is 8. The van der Waals surface area contributed by atoms with Gasteiger partial charge in [-0.25, -0.2) is 4.98 Å². The Kier molecular flexibility index (Phi) is 6.91. The van der Waals surface area contributed by atoms with Crippen LogP contribution < -0.4 is 24.5 Å². The van der Waals surface area contributed by atoms with Gasteiger partial charge in [-0.1, -0.05) is 17.8 Å². The van der Waals surface area contributed by atoms with E-state index in [4.69, 9.17) is 23.7 Å². The molecule has 1 heterocycles. The molecule has 0 fully saturated rings. The Hall–Kier alpha value is -3.40. The van der Waals surface area contributed by atoms with E-state index < -0.39 is 5.97 Å². The van der Waals surface area contributed by atoms with Crippen molar-refractivity contribution in [2.45, 2.75) is 5.16 Å². The van der Waals surface area contributed by atoms with Crippen LogP contribution in [-0.4, -0.2) is 56.8 Å². The number of carbonyl (C=O) groups is 1. The van der Waals surface area contributed by atoms with Crippen LogP contribution in [0.3, 0.4) is 0 Å². The molecule has 9 nitrogen and oxygen atoms in total. The second-order valence-electron chi connectivity index (χ2n) is 6.14. The highest BCUT2D eigenvalue weighted by atomic mass is 32.2. The molecule has 0 aliphatic rings. The number of carbonyl (C=O) groups excluding carboxylic acids is 1. The molecule has 2 aromatic carbocycles. The molecular formula is C21H22N2O7S. The van der Waals surface area contributed by atoms with Crippen molar-refractivity contribution in [1.82, 2.24) is 9.55 Å². The second-order valence-corrected chi connectivity index (χ2v) is 7.09. The quantitative estimate of drug-likeness (QED) is 0.294. The van der Waals surface area contributed by atoms with E-state index in [2.05, 4.69) is 4.98 Å². The molecule has 0 saturated heterocycles.